The molecule has 6 nitrogen and oxygen atoms in total. The van der Waals surface area contributed by atoms with Crippen LogP contribution >= 0.6 is 12.4 Å². The summed E-state index contributed by atoms with van der Waals surface area (Å²) in [4.78, 5) is 25.7. The van der Waals surface area contributed by atoms with Gasteiger partial charge in [0, 0.05) is 19.6 Å². The van der Waals surface area contributed by atoms with Crippen molar-refractivity contribution in [3.8, 4) is 5.75 Å². The maximum absolute atomic E-state index is 12.1. The number of nitrogens with zero attached hydrogens (tertiary/aromatic N) is 1. The van der Waals surface area contributed by atoms with Crippen LogP contribution < -0.4 is 10.1 Å². The van der Waals surface area contributed by atoms with Crippen LogP contribution in [0.4, 0.5) is 13.2 Å². The normalized spacial score (nSPS) is 24.3. The number of amides is 1. The standard InChI is InChI=1S/C18H21F3N2O4.ClH/c19-18(20,21)27-14-5-3-12(4-6-14)8-22-15(24)10-23-9-13-2-1-7-17(13,11-23)16(25)26;/h3-6,13H,1-2,7-11H2,(H,22,24)(H,25,26);1H/t13-,17+;/m0./s1. The smallest absolute Gasteiger partial charge is 0.481 e. The van der Waals surface area contributed by atoms with Crippen LogP contribution in [-0.2, 0) is 16.1 Å². The number of hydrogen-bond acceptors (Lipinski definition) is 4. The molecule has 0 aromatic heterocycles. The van der Waals surface area contributed by atoms with Gasteiger partial charge in [0.1, 0.15) is 5.75 Å². The third-order valence-corrected chi connectivity index (χ3v) is 5.38. The Balaban J connectivity index is 0.00000280. The second-order valence-electron chi connectivity index (χ2n) is 7.19. The monoisotopic (exact) mass is 422 g/mol. The van der Waals surface area contributed by atoms with E-state index in [-0.39, 0.29) is 43.1 Å². The number of hydrogen-bond donors (Lipinski definition) is 2. The van der Waals surface area contributed by atoms with E-state index < -0.39 is 17.7 Å². The number of carbonyl (C=O) groups is 2. The van der Waals surface area contributed by atoms with Crippen molar-refractivity contribution >= 4 is 24.3 Å². The number of fused-ring (bicyclic) bond motifs is 1. The molecule has 0 radical (unpaired) electrons. The summed E-state index contributed by atoms with van der Waals surface area (Å²) in [5.74, 6) is -1.26. The summed E-state index contributed by atoms with van der Waals surface area (Å²) >= 11 is 0. The minimum Gasteiger partial charge on any atom is -0.481 e. The highest BCUT2D eigenvalue weighted by Crippen LogP contribution is 2.48. The number of nitrogens with one attached hydrogen (secondary N) is 1. The zero-order valence-electron chi connectivity index (χ0n) is 15.0. The molecular formula is C18H22ClF3N2O4. The highest BCUT2D eigenvalue weighted by atomic mass is 35.5. The lowest BCUT2D eigenvalue weighted by Gasteiger charge is -2.23. The number of rotatable bonds is 6. The summed E-state index contributed by atoms with van der Waals surface area (Å²) in [7, 11) is 0. The predicted molar refractivity (Wildman–Crippen MR) is 96.1 cm³/mol. The molecule has 28 heavy (non-hydrogen) atoms. The molecule has 1 saturated heterocycles. The van der Waals surface area contributed by atoms with Crippen LogP contribution in [0.3, 0.4) is 0 Å². The Labute approximate surface area is 166 Å². The molecule has 1 saturated carbocycles. The minimum absolute atomic E-state index is 0. The Morgan fingerprint density at radius 1 is 1.29 bits per heavy atom. The van der Waals surface area contributed by atoms with Crippen LogP contribution in [0.25, 0.3) is 0 Å². The summed E-state index contributed by atoms with van der Waals surface area (Å²) in [6.45, 7) is 1.26. The fourth-order valence-electron chi connectivity index (χ4n) is 4.13. The minimum atomic E-state index is -4.74. The number of likely N-dealkylation sites (tertiary alicyclic amines) is 1. The topological polar surface area (TPSA) is 78.9 Å². The zero-order chi connectivity index (χ0) is 19.7. The van der Waals surface area contributed by atoms with E-state index in [2.05, 4.69) is 10.1 Å². The fourth-order valence-corrected chi connectivity index (χ4v) is 4.13. The van der Waals surface area contributed by atoms with Gasteiger partial charge in [0.15, 0.2) is 0 Å². The maximum atomic E-state index is 12.1. The number of carbonyl (C=O) groups excluding carboxylic acids is 1. The highest BCUT2D eigenvalue weighted by Gasteiger charge is 2.54. The Bertz CT molecular complexity index is 714. The maximum Gasteiger partial charge on any atom is 0.573 e. The summed E-state index contributed by atoms with van der Waals surface area (Å²) in [6.07, 6.45) is -2.31. The number of aliphatic carboxylic acids is 1. The van der Waals surface area contributed by atoms with Gasteiger partial charge in [0.05, 0.1) is 12.0 Å². The van der Waals surface area contributed by atoms with E-state index in [9.17, 15) is 27.9 Å². The van der Waals surface area contributed by atoms with Gasteiger partial charge in [0.2, 0.25) is 5.91 Å². The molecule has 0 unspecified atom stereocenters. The molecule has 1 heterocycles. The number of alkyl halides is 3. The van der Waals surface area contributed by atoms with Crippen molar-refractivity contribution in [2.24, 2.45) is 11.3 Å². The molecule has 156 valence electrons. The van der Waals surface area contributed by atoms with Gasteiger partial charge >= 0.3 is 12.3 Å². The van der Waals surface area contributed by atoms with Crippen LogP contribution in [0.1, 0.15) is 24.8 Å². The highest BCUT2D eigenvalue weighted by molar-refractivity contribution is 5.85. The molecule has 2 N–H and O–H groups in total. The van der Waals surface area contributed by atoms with E-state index >= 15 is 0 Å². The van der Waals surface area contributed by atoms with Crippen molar-refractivity contribution < 1.29 is 32.6 Å². The van der Waals surface area contributed by atoms with E-state index in [0.717, 1.165) is 12.8 Å². The molecule has 1 aromatic carbocycles. The second kappa shape index (κ2) is 8.57. The molecule has 10 heteroatoms. The molecule has 3 rings (SSSR count). The van der Waals surface area contributed by atoms with Crippen molar-refractivity contribution in [1.82, 2.24) is 10.2 Å². The van der Waals surface area contributed by atoms with Crippen molar-refractivity contribution in [2.75, 3.05) is 19.6 Å². The van der Waals surface area contributed by atoms with Gasteiger partial charge in [0.25, 0.3) is 0 Å². The molecular weight excluding hydrogens is 401 g/mol. The van der Waals surface area contributed by atoms with Gasteiger partial charge in [-0.3, -0.25) is 14.5 Å². The van der Waals surface area contributed by atoms with Crippen molar-refractivity contribution in [3.63, 3.8) is 0 Å². The second-order valence-corrected chi connectivity index (χ2v) is 7.19. The van der Waals surface area contributed by atoms with Gasteiger partial charge in [-0.05, 0) is 36.5 Å². The summed E-state index contributed by atoms with van der Waals surface area (Å²) in [5, 5.41) is 12.3. The van der Waals surface area contributed by atoms with Gasteiger partial charge in [-0.1, -0.05) is 18.6 Å². The van der Waals surface area contributed by atoms with Crippen LogP contribution in [0.15, 0.2) is 24.3 Å². The predicted octanol–water partition coefficient (Wildman–Crippen LogP) is 2.81. The quantitative estimate of drug-likeness (QED) is 0.737. The van der Waals surface area contributed by atoms with Gasteiger partial charge in [-0.15, -0.1) is 25.6 Å². The van der Waals surface area contributed by atoms with Gasteiger partial charge < -0.3 is 15.2 Å². The first-order chi connectivity index (χ1) is 12.7. The fraction of sp³-hybridized carbons (Fsp3) is 0.556. The number of benzene rings is 1. The van der Waals surface area contributed by atoms with E-state index in [1.165, 1.54) is 24.3 Å². The average Bonchev–Trinajstić information content (AvgIpc) is 3.10. The van der Waals surface area contributed by atoms with Crippen molar-refractivity contribution in [1.29, 1.82) is 0 Å². The van der Waals surface area contributed by atoms with Crippen molar-refractivity contribution in [3.05, 3.63) is 29.8 Å². The molecule has 1 aromatic rings. The number of halogens is 4. The molecule has 1 aliphatic carbocycles. The van der Waals surface area contributed by atoms with Crippen LogP contribution in [0.5, 0.6) is 5.75 Å². The molecule has 2 atom stereocenters. The number of ether oxygens (including phenoxy) is 1. The van der Waals surface area contributed by atoms with Gasteiger partial charge in [-0.25, -0.2) is 0 Å². The lowest BCUT2D eigenvalue weighted by Crippen LogP contribution is -2.39. The third kappa shape index (κ3) is 5.08. The summed E-state index contributed by atoms with van der Waals surface area (Å²) in [6, 6.07) is 5.27. The Kier molecular flexibility index (Phi) is 6.82. The lowest BCUT2D eigenvalue weighted by atomic mass is 9.81. The third-order valence-electron chi connectivity index (χ3n) is 5.38. The van der Waals surface area contributed by atoms with E-state index in [4.69, 9.17) is 0 Å². The molecule has 0 spiro atoms. The molecule has 0 bridgehead atoms. The Hall–Kier alpha value is -2.00. The summed E-state index contributed by atoms with van der Waals surface area (Å²) < 4.78 is 40.2. The molecule has 2 aliphatic rings. The van der Waals surface area contributed by atoms with Crippen molar-refractivity contribution in [2.45, 2.75) is 32.2 Å². The number of carboxylic acid groups (broad SMARTS) is 1. The molecule has 2 fully saturated rings. The molecule has 1 amide bonds. The largest absolute Gasteiger partial charge is 0.573 e. The molecule has 1 aliphatic heterocycles. The van der Waals surface area contributed by atoms with E-state index in [1.54, 1.807) is 0 Å². The first-order valence-electron chi connectivity index (χ1n) is 8.75. The average molecular weight is 423 g/mol. The van der Waals surface area contributed by atoms with E-state index in [1.807, 2.05) is 4.90 Å². The zero-order valence-corrected chi connectivity index (χ0v) is 15.8. The lowest BCUT2D eigenvalue weighted by molar-refractivity contribution is -0.274. The Morgan fingerprint density at radius 3 is 2.54 bits per heavy atom. The van der Waals surface area contributed by atoms with Crippen LogP contribution in [0, 0.1) is 11.3 Å². The van der Waals surface area contributed by atoms with Gasteiger partial charge in [-0.2, -0.15) is 0 Å². The SMILES string of the molecule is Cl.O=C(CN1C[C@@H]2CCC[C@@]2(C(=O)O)C1)NCc1ccc(OC(F)(F)F)cc1. The summed E-state index contributed by atoms with van der Waals surface area (Å²) in [5.41, 5.74) is -0.0904. The first-order valence-corrected chi connectivity index (χ1v) is 8.75. The first kappa shape index (κ1) is 22.3. The Morgan fingerprint density at radius 2 is 1.96 bits per heavy atom. The van der Waals surface area contributed by atoms with Crippen LogP contribution in [-0.4, -0.2) is 47.9 Å². The van der Waals surface area contributed by atoms with E-state index in [0.29, 0.717) is 25.1 Å². The number of carboxylic acids is 1. The van der Waals surface area contributed by atoms with Crippen LogP contribution in [0.2, 0.25) is 0 Å².